The van der Waals surface area contributed by atoms with Crippen molar-refractivity contribution in [2.24, 2.45) is 11.1 Å². The zero-order chi connectivity index (χ0) is 9.90. The van der Waals surface area contributed by atoms with Crippen molar-refractivity contribution < 1.29 is 8.42 Å². The Bertz CT molecular complexity index is 267. The zero-order valence-corrected chi connectivity index (χ0v) is 8.59. The van der Waals surface area contributed by atoms with Gasteiger partial charge in [0.2, 0.25) is 10.0 Å². The maximum Gasteiger partial charge on any atom is 0.211 e. The summed E-state index contributed by atoms with van der Waals surface area (Å²) in [6.07, 6.45) is 6.17. The molecule has 0 aromatic carbocycles. The highest BCUT2D eigenvalue weighted by molar-refractivity contribution is 7.89. The minimum atomic E-state index is -3.34. The fraction of sp³-hybridized carbons (Fsp3) is 0.778. The van der Waals surface area contributed by atoms with Gasteiger partial charge >= 0.3 is 0 Å². The molecule has 0 unspecified atom stereocenters. The number of allylic oxidation sites excluding steroid dienone is 1. The predicted octanol–water partition coefficient (Wildman–Crippen LogP) is 1.41. The van der Waals surface area contributed by atoms with E-state index in [4.69, 9.17) is 5.14 Å². The van der Waals surface area contributed by atoms with Gasteiger partial charge in [-0.2, -0.15) is 0 Å². The van der Waals surface area contributed by atoms with Gasteiger partial charge in [0.25, 0.3) is 0 Å². The standard InChI is InChI=1S/C9H17NO2S/c1-2-3-4-9(13(10,11)12)7-8-5-6-8/h2,8-9H,1,3-7H2,(H2,10,11,12)/t9-/m1/s1. The molecule has 1 aliphatic rings. The maximum absolute atomic E-state index is 11.1. The van der Waals surface area contributed by atoms with E-state index in [1.807, 2.05) is 0 Å². The molecule has 1 fully saturated rings. The van der Waals surface area contributed by atoms with Gasteiger partial charge in [0, 0.05) is 0 Å². The van der Waals surface area contributed by atoms with Gasteiger partial charge in [-0.1, -0.05) is 18.9 Å². The first-order chi connectivity index (χ1) is 6.04. The van der Waals surface area contributed by atoms with Crippen molar-refractivity contribution in [2.45, 2.75) is 37.4 Å². The van der Waals surface area contributed by atoms with Crippen molar-refractivity contribution in [3.8, 4) is 0 Å². The Kier molecular flexibility index (Phi) is 3.50. The highest BCUT2D eigenvalue weighted by atomic mass is 32.2. The quantitative estimate of drug-likeness (QED) is 0.663. The van der Waals surface area contributed by atoms with Crippen molar-refractivity contribution in [1.82, 2.24) is 0 Å². The molecular formula is C9H17NO2S. The van der Waals surface area contributed by atoms with Crippen LogP contribution in [-0.2, 0) is 10.0 Å². The molecular weight excluding hydrogens is 186 g/mol. The summed E-state index contributed by atoms with van der Waals surface area (Å²) in [4.78, 5) is 0. The van der Waals surface area contributed by atoms with E-state index >= 15 is 0 Å². The summed E-state index contributed by atoms with van der Waals surface area (Å²) >= 11 is 0. The Morgan fingerprint density at radius 1 is 1.54 bits per heavy atom. The predicted molar refractivity (Wildman–Crippen MR) is 53.7 cm³/mol. The van der Waals surface area contributed by atoms with Crippen LogP contribution >= 0.6 is 0 Å². The van der Waals surface area contributed by atoms with Crippen LogP contribution in [0.25, 0.3) is 0 Å². The van der Waals surface area contributed by atoms with Crippen LogP contribution < -0.4 is 5.14 Å². The summed E-state index contributed by atoms with van der Waals surface area (Å²) in [5, 5.41) is 4.79. The normalized spacial score (nSPS) is 19.8. The topological polar surface area (TPSA) is 60.2 Å². The summed E-state index contributed by atoms with van der Waals surface area (Å²) in [5.74, 6) is 0.605. The molecule has 1 saturated carbocycles. The Morgan fingerprint density at radius 3 is 2.54 bits per heavy atom. The van der Waals surface area contributed by atoms with Crippen molar-refractivity contribution in [2.75, 3.05) is 0 Å². The van der Waals surface area contributed by atoms with E-state index in [1.165, 1.54) is 12.8 Å². The van der Waals surface area contributed by atoms with Gasteiger partial charge in [-0.15, -0.1) is 6.58 Å². The van der Waals surface area contributed by atoms with Crippen LogP contribution in [0.15, 0.2) is 12.7 Å². The molecule has 4 heteroatoms. The lowest BCUT2D eigenvalue weighted by atomic mass is 10.1. The summed E-state index contributed by atoms with van der Waals surface area (Å²) in [7, 11) is -3.34. The molecule has 1 rings (SSSR count). The molecule has 0 amide bonds. The summed E-state index contributed by atoms with van der Waals surface area (Å²) in [5.41, 5.74) is 0. The lowest BCUT2D eigenvalue weighted by Gasteiger charge is -2.12. The van der Waals surface area contributed by atoms with E-state index in [2.05, 4.69) is 6.58 Å². The van der Waals surface area contributed by atoms with Gasteiger partial charge in [0.1, 0.15) is 0 Å². The Morgan fingerprint density at radius 2 is 2.15 bits per heavy atom. The van der Waals surface area contributed by atoms with Crippen LogP contribution in [0, 0.1) is 5.92 Å². The van der Waals surface area contributed by atoms with E-state index in [0.29, 0.717) is 12.3 Å². The fourth-order valence-corrected chi connectivity index (χ4v) is 2.45. The van der Waals surface area contributed by atoms with Gasteiger partial charge in [0.05, 0.1) is 5.25 Å². The van der Waals surface area contributed by atoms with Crippen LogP contribution in [0.3, 0.4) is 0 Å². The summed E-state index contributed by atoms with van der Waals surface area (Å²) < 4.78 is 22.3. The van der Waals surface area contributed by atoms with Crippen molar-refractivity contribution >= 4 is 10.0 Å². The number of primary sulfonamides is 1. The first-order valence-electron chi connectivity index (χ1n) is 4.66. The molecule has 1 aliphatic carbocycles. The van der Waals surface area contributed by atoms with Crippen LogP contribution in [-0.4, -0.2) is 13.7 Å². The average Bonchev–Trinajstić information content (AvgIpc) is 2.78. The van der Waals surface area contributed by atoms with Crippen molar-refractivity contribution in [3.05, 3.63) is 12.7 Å². The lowest BCUT2D eigenvalue weighted by molar-refractivity contribution is 0.550. The minimum Gasteiger partial charge on any atom is -0.228 e. The Hall–Kier alpha value is -0.350. The van der Waals surface area contributed by atoms with Gasteiger partial charge in [-0.25, -0.2) is 13.6 Å². The Balaban J connectivity index is 2.46. The van der Waals surface area contributed by atoms with E-state index in [0.717, 1.165) is 12.8 Å². The molecule has 2 N–H and O–H groups in total. The Labute approximate surface area is 80.1 Å². The first-order valence-corrected chi connectivity index (χ1v) is 6.27. The summed E-state index contributed by atoms with van der Waals surface area (Å²) in [6.45, 7) is 3.57. The van der Waals surface area contributed by atoms with E-state index < -0.39 is 10.0 Å². The minimum absolute atomic E-state index is 0.349. The molecule has 0 aliphatic heterocycles. The van der Waals surface area contributed by atoms with Crippen LogP contribution in [0.5, 0.6) is 0 Å². The van der Waals surface area contributed by atoms with Gasteiger partial charge in [-0.05, 0) is 25.2 Å². The van der Waals surface area contributed by atoms with Gasteiger partial charge in [0.15, 0.2) is 0 Å². The van der Waals surface area contributed by atoms with Gasteiger partial charge < -0.3 is 0 Å². The third-order valence-corrected chi connectivity index (χ3v) is 3.81. The van der Waals surface area contributed by atoms with Crippen molar-refractivity contribution in [1.29, 1.82) is 0 Å². The SMILES string of the molecule is C=CCC[C@H](CC1CC1)S(N)(=O)=O. The number of sulfonamides is 1. The second-order valence-electron chi connectivity index (χ2n) is 3.76. The third kappa shape index (κ3) is 3.91. The number of hydrogen-bond acceptors (Lipinski definition) is 2. The highest BCUT2D eigenvalue weighted by Crippen LogP contribution is 2.35. The van der Waals surface area contributed by atoms with Crippen LogP contribution in [0.4, 0.5) is 0 Å². The molecule has 3 nitrogen and oxygen atoms in total. The number of rotatable bonds is 6. The lowest BCUT2D eigenvalue weighted by Crippen LogP contribution is -2.28. The van der Waals surface area contributed by atoms with Crippen molar-refractivity contribution in [3.63, 3.8) is 0 Å². The molecule has 0 radical (unpaired) electrons. The molecule has 13 heavy (non-hydrogen) atoms. The zero-order valence-electron chi connectivity index (χ0n) is 7.78. The molecule has 0 heterocycles. The van der Waals surface area contributed by atoms with Gasteiger partial charge in [-0.3, -0.25) is 0 Å². The second kappa shape index (κ2) is 4.24. The van der Waals surface area contributed by atoms with Crippen LogP contribution in [0.1, 0.15) is 32.1 Å². The first kappa shape index (κ1) is 10.7. The molecule has 0 aromatic heterocycles. The average molecular weight is 203 g/mol. The second-order valence-corrected chi connectivity index (χ2v) is 5.60. The molecule has 1 atom stereocenters. The third-order valence-electron chi connectivity index (χ3n) is 2.45. The highest BCUT2D eigenvalue weighted by Gasteiger charge is 2.30. The van der Waals surface area contributed by atoms with E-state index in [1.54, 1.807) is 6.08 Å². The molecule has 0 bridgehead atoms. The smallest absolute Gasteiger partial charge is 0.211 e. The monoisotopic (exact) mass is 203 g/mol. The fourth-order valence-electron chi connectivity index (χ4n) is 1.45. The largest absolute Gasteiger partial charge is 0.228 e. The molecule has 0 saturated heterocycles. The maximum atomic E-state index is 11.1. The summed E-state index contributed by atoms with van der Waals surface area (Å²) in [6, 6.07) is 0. The molecule has 0 aromatic rings. The van der Waals surface area contributed by atoms with Crippen LogP contribution in [0.2, 0.25) is 0 Å². The number of hydrogen-bond donors (Lipinski definition) is 1. The molecule has 76 valence electrons. The number of nitrogens with two attached hydrogens (primary N) is 1. The van der Waals surface area contributed by atoms with E-state index in [-0.39, 0.29) is 5.25 Å². The van der Waals surface area contributed by atoms with E-state index in [9.17, 15) is 8.42 Å². The molecule has 0 spiro atoms.